The quantitative estimate of drug-likeness (QED) is 0.287. The van der Waals surface area contributed by atoms with Gasteiger partial charge in [0.25, 0.3) is 11.5 Å². The SMILES string of the molecule is COc1ccc2c(Oc3ccc(NC(=O)c4c(N(C)C(=O)O)n(C)n(-c5ccccc5)c4=O)cc3F)ccnc2c1. The van der Waals surface area contributed by atoms with Gasteiger partial charge in [-0.15, -0.1) is 0 Å². The molecule has 208 valence electrons. The van der Waals surface area contributed by atoms with Crippen LogP contribution < -0.4 is 25.2 Å². The Morgan fingerprint density at radius 2 is 1.78 bits per heavy atom. The van der Waals surface area contributed by atoms with Crippen LogP contribution in [0.25, 0.3) is 16.6 Å². The summed E-state index contributed by atoms with van der Waals surface area (Å²) in [6.45, 7) is 0. The molecule has 3 aromatic carbocycles. The van der Waals surface area contributed by atoms with E-state index in [0.717, 1.165) is 11.0 Å². The van der Waals surface area contributed by atoms with E-state index in [1.54, 1.807) is 61.7 Å². The molecule has 2 amide bonds. The van der Waals surface area contributed by atoms with Gasteiger partial charge in [0, 0.05) is 43.5 Å². The van der Waals surface area contributed by atoms with Crippen molar-refractivity contribution in [2.75, 3.05) is 24.4 Å². The number of anilines is 2. The summed E-state index contributed by atoms with van der Waals surface area (Å²) in [5.74, 6) is -0.987. The maximum absolute atomic E-state index is 15.1. The predicted molar refractivity (Wildman–Crippen MR) is 150 cm³/mol. The molecule has 0 aliphatic carbocycles. The van der Waals surface area contributed by atoms with Crippen LogP contribution in [0.5, 0.6) is 17.2 Å². The van der Waals surface area contributed by atoms with Gasteiger partial charge in [0.15, 0.2) is 17.4 Å². The first-order valence-corrected chi connectivity index (χ1v) is 12.2. The molecule has 12 heteroatoms. The topological polar surface area (TPSA) is 128 Å². The highest BCUT2D eigenvalue weighted by atomic mass is 19.1. The van der Waals surface area contributed by atoms with Crippen LogP contribution >= 0.6 is 0 Å². The van der Waals surface area contributed by atoms with Crippen molar-refractivity contribution in [1.82, 2.24) is 14.3 Å². The van der Waals surface area contributed by atoms with Crippen LogP contribution in [0.2, 0.25) is 0 Å². The molecule has 0 radical (unpaired) electrons. The normalized spacial score (nSPS) is 10.8. The summed E-state index contributed by atoms with van der Waals surface area (Å²) in [5, 5.41) is 12.7. The Kier molecular flexibility index (Phi) is 7.13. The van der Waals surface area contributed by atoms with Crippen LogP contribution in [-0.2, 0) is 7.05 Å². The molecule has 2 N–H and O–H groups in total. The van der Waals surface area contributed by atoms with Crippen molar-refractivity contribution in [1.29, 1.82) is 0 Å². The van der Waals surface area contributed by atoms with Gasteiger partial charge in [0.1, 0.15) is 17.1 Å². The lowest BCUT2D eigenvalue weighted by Crippen LogP contribution is -2.29. The number of fused-ring (bicyclic) bond motifs is 1. The van der Waals surface area contributed by atoms with Crippen LogP contribution in [0.3, 0.4) is 0 Å². The van der Waals surface area contributed by atoms with E-state index in [2.05, 4.69) is 10.3 Å². The Bertz CT molecular complexity index is 1850. The molecule has 0 saturated carbocycles. The van der Waals surface area contributed by atoms with Crippen LogP contribution in [0.4, 0.5) is 20.7 Å². The van der Waals surface area contributed by atoms with E-state index in [9.17, 15) is 19.5 Å². The van der Waals surface area contributed by atoms with E-state index < -0.39 is 28.9 Å². The second-order valence-corrected chi connectivity index (χ2v) is 8.91. The first-order valence-electron chi connectivity index (χ1n) is 12.2. The van der Waals surface area contributed by atoms with E-state index in [4.69, 9.17) is 9.47 Å². The zero-order valence-electron chi connectivity index (χ0n) is 22.2. The number of halogens is 1. The molecule has 0 fully saturated rings. The van der Waals surface area contributed by atoms with Gasteiger partial charge in [-0.3, -0.25) is 24.2 Å². The van der Waals surface area contributed by atoms with Crippen molar-refractivity contribution in [3.05, 3.63) is 101 Å². The van der Waals surface area contributed by atoms with E-state index >= 15 is 4.39 Å². The Morgan fingerprint density at radius 1 is 1.02 bits per heavy atom. The van der Waals surface area contributed by atoms with E-state index in [0.29, 0.717) is 28.1 Å². The molecular weight excluding hydrogens is 533 g/mol. The fourth-order valence-electron chi connectivity index (χ4n) is 4.42. The number of para-hydroxylation sites is 1. The third-order valence-corrected chi connectivity index (χ3v) is 6.39. The highest BCUT2D eigenvalue weighted by Crippen LogP contribution is 2.33. The zero-order chi connectivity index (χ0) is 29.3. The van der Waals surface area contributed by atoms with Crippen molar-refractivity contribution in [3.8, 4) is 22.9 Å². The number of carboxylic acid groups (broad SMARTS) is 1. The van der Waals surface area contributed by atoms with Crippen molar-refractivity contribution in [2.45, 2.75) is 0 Å². The molecule has 2 heterocycles. The summed E-state index contributed by atoms with van der Waals surface area (Å²) in [7, 11) is 4.22. The average molecular weight is 558 g/mol. The molecule has 0 saturated heterocycles. The molecule has 0 aliphatic rings. The number of nitrogens with zero attached hydrogens (tertiary/aromatic N) is 4. The highest BCUT2D eigenvalue weighted by Gasteiger charge is 2.29. The van der Waals surface area contributed by atoms with Crippen molar-refractivity contribution in [2.24, 2.45) is 7.05 Å². The molecule has 5 aromatic rings. The minimum atomic E-state index is -1.38. The Labute approximate surface area is 232 Å². The van der Waals surface area contributed by atoms with Gasteiger partial charge in [0.05, 0.1) is 18.3 Å². The number of hydrogen-bond acceptors (Lipinski definition) is 6. The second-order valence-electron chi connectivity index (χ2n) is 8.91. The summed E-state index contributed by atoms with van der Waals surface area (Å²) in [6.07, 6.45) is 0.145. The van der Waals surface area contributed by atoms with Gasteiger partial charge in [-0.2, -0.15) is 0 Å². The lowest BCUT2D eigenvalue weighted by Gasteiger charge is -2.17. The van der Waals surface area contributed by atoms with Gasteiger partial charge < -0.3 is 19.9 Å². The maximum atomic E-state index is 15.1. The monoisotopic (exact) mass is 557 g/mol. The fraction of sp³-hybridized carbons (Fsp3) is 0.103. The Balaban J connectivity index is 1.46. The minimum Gasteiger partial charge on any atom is -0.497 e. The number of pyridine rings is 1. The standard InChI is InChI=1S/C29H24FN5O6/c1-33(29(38)39)27-25(28(37)35(34(27)2)18-7-5-4-6-8-18)26(36)32-17-9-12-24(21(30)15-17)41-23-13-14-31-22-16-19(40-3)10-11-20(22)23/h4-16H,1-3H3,(H,32,36)(H,38,39). The van der Waals surface area contributed by atoms with Crippen LogP contribution in [0, 0.1) is 5.82 Å². The van der Waals surface area contributed by atoms with Crippen molar-refractivity contribution in [3.63, 3.8) is 0 Å². The molecule has 41 heavy (non-hydrogen) atoms. The number of rotatable bonds is 7. The number of amides is 2. The van der Waals surface area contributed by atoms with Gasteiger partial charge in [-0.05, 0) is 42.5 Å². The summed E-state index contributed by atoms with van der Waals surface area (Å²) < 4.78 is 28.6. The zero-order valence-corrected chi connectivity index (χ0v) is 22.2. The number of ether oxygens (including phenoxy) is 2. The third kappa shape index (κ3) is 5.05. The molecule has 0 unspecified atom stereocenters. The summed E-state index contributed by atoms with van der Waals surface area (Å²) in [5.41, 5.74) is -0.129. The van der Waals surface area contributed by atoms with Crippen LogP contribution in [0.1, 0.15) is 10.4 Å². The number of aromatic nitrogens is 3. The lowest BCUT2D eigenvalue weighted by molar-refractivity contribution is 0.102. The Hall–Kier alpha value is -5.65. The molecule has 11 nitrogen and oxygen atoms in total. The largest absolute Gasteiger partial charge is 0.497 e. The minimum absolute atomic E-state index is 0.0302. The summed E-state index contributed by atoms with van der Waals surface area (Å²) in [4.78, 5) is 43.6. The maximum Gasteiger partial charge on any atom is 0.412 e. The van der Waals surface area contributed by atoms with E-state index in [-0.39, 0.29) is 17.3 Å². The highest BCUT2D eigenvalue weighted by molar-refractivity contribution is 6.09. The summed E-state index contributed by atoms with van der Waals surface area (Å²) >= 11 is 0. The number of methoxy groups -OCH3 is 1. The Morgan fingerprint density at radius 3 is 2.46 bits per heavy atom. The number of benzene rings is 3. The average Bonchev–Trinajstić information content (AvgIpc) is 3.23. The van der Waals surface area contributed by atoms with Gasteiger partial charge in [-0.25, -0.2) is 13.9 Å². The molecule has 2 aromatic heterocycles. The lowest BCUT2D eigenvalue weighted by atomic mass is 10.2. The summed E-state index contributed by atoms with van der Waals surface area (Å²) in [6, 6.07) is 19.0. The molecule has 0 spiro atoms. The predicted octanol–water partition coefficient (Wildman–Crippen LogP) is 5.03. The number of hydrogen-bond donors (Lipinski definition) is 2. The van der Waals surface area contributed by atoms with Gasteiger partial charge in [-0.1, -0.05) is 18.2 Å². The van der Waals surface area contributed by atoms with Crippen LogP contribution in [0.15, 0.2) is 83.8 Å². The number of nitrogens with one attached hydrogen (secondary N) is 1. The number of carbonyl (C=O) groups excluding carboxylic acids is 1. The van der Waals surface area contributed by atoms with Gasteiger partial charge in [0.2, 0.25) is 0 Å². The van der Waals surface area contributed by atoms with Crippen LogP contribution in [-0.4, -0.2) is 45.6 Å². The van der Waals surface area contributed by atoms with Gasteiger partial charge >= 0.3 is 6.09 Å². The smallest absolute Gasteiger partial charge is 0.412 e. The number of carbonyl (C=O) groups is 2. The third-order valence-electron chi connectivity index (χ3n) is 6.39. The molecular formula is C29H24FN5O6. The molecule has 0 atom stereocenters. The first kappa shape index (κ1) is 26.9. The molecule has 5 rings (SSSR count). The van der Waals surface area contributed by atoms with Crippen molar-refractivity contribution >= 4 is 34.4 Å². The first-order chi connectivity index (χ1) is 19.7. The van der Waals surface area contributed by atoms with Crippen molar-refractivity contribution < 1.29 is 28.6 Å². The van der Waals surface area contributed by atoms with E-state index in [1.807, 2.05) is 0 Å². The van der Waals surface area contributed by atoms with E-state index in [1.165, 1.54) is 41.8 Å². The molecule has 0 aliphatic heterocycles. The molecule has 0 bridgehead atoms. The fourth-order valence-corrected chi connectivity index (χ4v) is 4.42. The second kappa shape index (κ2) is 10.8.